The third-order valence-corrected chi connectivity index (χ3v) is 4.94. The first-order chi connectivity index (χ1) is 14.2. The highest BCUT2D eigenvalue weighted by Gasteiger charge is 2.49. The maximum atomic E-state index is 12.9. The van der Waals surface area contributed by atoms with E-state index in [-0.39, 0.29) is 6.54 Å². The van der Waals surface area contributed by atoms with Crippen LogP contribution in [0.5, 0.6) is 5.75 Å². The van der Waals surface area contributed by atoms with Gasteiger partial charge in [-0.25, -0.2) is 4.79 Å². The van der Waals surface area contributed by atoms with Crippen molar-refractivity contribution in [3.8, 4) is 5.75 Å². The van der Waals surface area contributed by atoms with Crippen molar-refractivity contribution in [3.05, 3.63) is 42.2 Å². The standard InChI is InChI=1S/C20H26N6O4/c1-20(14-5-7-16(30-4)8-6-14)18(28)26(19(29)23-20)13-17(27)22-15-11-21-25(12-15)10-9-24(2)3/h5-8,11-12H,9-10,13H2,1-4H3,(H,22,27)(H,23,29). The number of hydrogen-bond acceptors (Lipinski definition) is 6. The second-order valence-electron chi connectivity index (χ2n) is 7.52. The van der Waals surface area contributed by atoms with Crippen LogP contribution in [-0.2, 0) is 21.7 Å². The molecule has 0 spiro atoms. The van der Waals surface area contributed by atoms with Crippen molar-refractivity contribution in [3.63, 3.8) is 0 Å². The van der Waals surface area contributed by atoms with Crippen molar-refractivity contribution in [1.29, 1.82) is 0 Å². The van der Waals surface area contributed by atoms with Crippen molar-refractivity contribution in [2.75, 3.05) is 39.6 Å². The van der Waals surface area contributed by atoms with Gasteiger partial charge >= 0.3 is 6.03 Å². The van der Waals surface area contributed by atoms with Gasteiger partial charge in [0.2, 0.25) is 5.91 Å². The summed E-state index contributed by atoms with van der Waals surface area (Å²) in [6, 6.07) is 6.23. The first-order valence-corrected chi connectivity index (χ1v) is 9.48. The minimum absolute atomic E-state index is 0.390. The Bertz CT molecular complexity index is 939. The number of likely N-dealkylation sites (N-methyl/N-ethyl adjacent to an activating group) is 1. The van der Waals surface area contributed by atoms with Gasteiger partial charge in [-0.2, -0.15) is 5.10 Å². The van der Waals surface area contributed by atoms with Gasteiger partial charge in [0.1, 0.15) is 17.8 Å². The minimum Gasteiger partial charge on any atom is -0.497 e. The number of rotatable bonds is 8. The number of nitrogens with zero attached hydrogens (tertiary/aromatic N) is 4. The van der Waals surface area contributed by atoms with Crippen molar-refractivity contribution in [2.24, 2.45) is 0 Å². The summed E-state index contributed by atoms with van der Waals surface area (Å²) in [6.45, 7) is 2.71. The summed E-state index contributed by atoms with van der Waals surface area (Å²) in [6.07, 6.45) is 3.23. The Balaban J connectivity index is 1.64. The highest BCUT2D eigenvalue weighted by molar-refractivity contribution is 6.10. The first-order valence-electron chi connectivity index (χ1n) is 9.48. The molecule has 2 N–H and O–H groups in total. The summed E-state index contributed by atoms with van der Waals surface area (Å²) in [7, 11) is 5.47. The maximum absolute atomic E-state index is 12.9. The smallest absolute Gasteiger partial charge is 0.325 e. The zero-order valence-corrected chi connectivity index (χ0v) is 17.5. The molecule has 10 heteroatoms. The van der Waals surface area contributed by atoms with E-state index in [9.17, 15) is 14.4 Å². The molecule has 30 heavy (non-hydrogen) atoms. The van der Waals surface area contributed by atoms with Crippen LogP contribution in [-0.4, -0.2) is 71.7 Å². The van der Waals surface area contributed by atoms with E-state index in [1.165, 1.54) is 6.20 Å². The molecule has 1 aromatic carbocycles. The van der Waals surface area contributed by atoms with Crippen molar-refractivity contribution in [1.82, 2.24) is 24.9 Å². The molecule has 1 saturated heterocycles. The Morgan fingerprint density at radius 2 is 1.97 bits per heavy atom. The molecule has 1 aliphatic heterocycles. The van der Waals surface area contributed by atoms with Gasteiger partial charge in [-0.1, -0.05) is 12.1 Å². The molecule has 1 atom stereocenters. The number of nitrogens with one attached hydrogen (secondary N) is 2. The largest absolute Gasteiger partial charge is 0.497 e. The number of hydrogen-bond donors (Lipinski definition) is 2. The monoisotopic (exact) mass is 414 g/mol. The zero-order chi connectivity index (χ0) is 21.9. The van der Waals surface area contributed by atoms with E-state index in [1.807, 2.05) is 19.0 Å². The Labute approximate surface area is 174 Å². The Kier molecular flexibility index (Phi) is 6.06. The molecule has 2 aromatic rings. The lowest BCUT2D eigenvalue weighted by molar-refractivity contribution is -0.133. The summed E-state index contributed by atoms with van der Waals surface area (Å²) in [5.41, 5.74) is -0.142. The molecule has 3 rings (SSSR count). The van der Waals surface area contributed by atoms with E-state index >= 15 is 0 Å². The lowest BCUT2D eigenvalue weighted by Crippen LogP contribution is -2.42. The minimum atomic E-state index is -1.25. The molecule has 4 amide bonds. The molecule has 0 radical (unpaired) electrons. The summed E-state index contributed by atoms with van der Waals surface area (Å²) in [4.78, 5) is 40.7. The lowest BCUT2D eigenvalue weighted by Gasteiger charge is -2.22. The van der Waals surface area contributed by atoms with E-state index in [4.69, 9.17) is 4.74 Å². The van der Waals surface area contributed by atoms with Crippen LogP contribution in [0.15, 0.2) is 36.7 Å². The fourth-order valence-corrected chi connectivity index (χ4v) is 3.16. The van der Waals surface area contributed by atoms with Gasteiger partial charge in [0.15, 0.2) is 0 Å². The van der Waals surface area contributed by atoms with E-state index in [0.29, 0.717) is 23.5 Å². The predicted molar refractivity (Wildman–Crippen MR) is 110 cm³/mol. The number of methoxy groups -OCH3 is 1. The van der Waals surface area contributed by atoms with E-state index < -0.39 is 23.4 Å². The van der Waals surface area contributed by atoms with Crippen LogP contribution in [0.3, 0.4) is 0 Å². The van der Waals surface area contributed by atoms with E-state index in [1.54, 1.807) is 49.2 Å². The summed E-state index contributed by atoms with van der Waals surface area (Å²) in [5, 5.41) is 9.54. The predicted octanol–water partition coefficient (Wildman–Crippen LogP) is 0.859. The molecule has 160 valence electrons. The summed E-state index contributed by atoms with van der Waals surface area (Å²) < 4.78 is 6.84. The quantitative estimate of drug-likeness (QED) is 0.620. The van der Waals surface area contributed by atoms with Gasteiger partial charge in [-0.3, -0.25) is 19.2 Å². The maximum Gasteiger partial charge on any atom is 0.325 e. The van der Waals surface area contributed by atoms with Crippen LogP contribution < -0.4 is 15.4 Å². The average molecular weight is 414 g/mol. The fraction of sp³-hybridized carbons (Fsp3) is 0.400. The highest BCUT2D eigenvalue weighted by atomic mass is 16.5. The van der Waals surface area contributed by atoms with Gasteiger partial charge < -0.3 is 20.3 Å². The van der Waals surface area contributed by atoms with Crippen LogP contribution in [0, 0.1) is 0 Å². The number of anilines is 1. The molecule has 1 unspecified atom stereocenters. The molecule has 1 fully saturated rings. The molecule has 2 heterocycles. The van der Waals surface area contributed by atoms with Gasteiger partial charge in [0.25, 0.3) is 5.91 Å². The van der Waals surface area contributed by atoms with E-state index in [0.717, 1.165) is 11.4 Å². The van der Waals surface area contributed by atoms with Crippen molar-refractivity contribution >= 4 is 23.5 Å². The number of imide groups is 1. The van der Waals surface area contributed by atoms with Crippen LogP contribution in [0.4, 0.5) is 10.5 Å². The Hall–Kier alpha value is -3.40. The third kappa shape index (κ3) is 4.43. The SMILES string of the molecule is COc1ccc(C2(C)NC(=O)N(CC(=O)Nc3cnn(CCN(C)C)c3)C2=O)cc1. The molecular weight excluding hydrogens is 388 g/mol. The number of ether oxygens (including phenoxy) is 1. The fourth-order valence-electron chi connectivity index (χ4n) is 3.16. The second kappa shape index (κ2) is 8.54. The topological polar surface area (TPSA) is 109 Å². The van der Waals surface area contributed by atoms with Gasteiger partial charge in [0, 0.05) is 12.7 Å². The van der Waals surface area contributed by atoms with Gasteiger partial charge in [-0.15, -0.1) is 0 Å². The number of amides is 4. The number of aromatic nitrogens is 2. The molecule has 10 nitrogen and oxygen atoms in total. The van der Waals surface area contributed by atoms with Crippen LogP contribution >= 0.6 is 0 Å². The third-order valence-electron chi connectivity index (χ3n) is 4.94. The molecule has 0 aliphatic carbocycles. The lowest BCUT2D eigenvalue weighted by atomic mass is 9.92. The summed E-state index contributed by atoms with van der Waals surface area (Å²) >= 11 is 0. The van der Waals surface area contributed by atoms with E-state index in [2.05, 4.69) is 15.7 Å². The zero-order valence-electron chi connectivity index (χ0n) is 17.5. The number of urea groups is 1. The molecule has 0 bridgehead atoms. The van der Waals surface area contributed by atoms with Gasteiger partial charge in [-0.05, 0) is 38.7 Å². The number of carbonyl (C=O) groups excluding carboxylic acids is 3. The van der Waals surface area contributed by atoms with Crippen LogP contribution in [0.1, 0.15) is 12.5 Å². The molecule has 1 aromatic heterocycles. The Morgan fingerprint density at radius 1 is 1.27 bits per heavy atom. The first kappa shape index (κ1) is 21.3. The molecule has 1 aliphatic rings. The van der Waals surface area contributed by atoms with Crippen molar-refractivity contribution in [2.45, 2.75) is 19.0 Å². The van der Waals surface area contributed by atoms with Crippen LogP contribution in [0.2, 0.25) is 0 Å². The highest BCUT2D eigenvalue weighted by Crippen LogP contribution is 2.30. The second-order valence-corrected chi connectivity index (χ2v) is 7.52. The number of benzene rings is 1. The Morgan fingerprint density at radius 3 is 2.60 bits per heavy atom. The van der Waals surface area contributed by atoms with Crippen LogP contribution in [0.25, 0.3) is 0 Å². The summed E-state index contributed by atoms with van der Waals surface area (Å²) in [5.74, 6) is -0.333. The number of carbonyl (C=O) groups is 3. The normalized spacial score (nSPS) is 18.6. The van der Waals surface area contributed by atoms with Gasteiger partial charge in [0.05, 0.1) is 25.5 Å². The average Bonchev–Trinajstić information content (AvgIpc) is 3.24. The van der Waals surface area contributed by atoms with Crippen molar-refractivity contribution < 1.29 is 19.1 Å². The molecular formula is C20H26N6O4. The molecule has 0 saturated carbocycles.